The van der Waals surface area contributed by atoms with E-state index in [0.717, 1.165) is 11.8 Å². The zero-order chi connectivity index (χ0) is 14.0. The van der Waals surface area contributed by atoms with Crippen LogP contribution in [0.2, 0.25) is 0 Å². The average Bonchev–Trinajstić information content (AvgIpc) is 2.38. The van der Waals surface area contributed by atoms with Crippen LogP contribution in [0.4, 0.5) is 0 Å². The second-order valence-electron chi connectivity index (χ2n) is 3.31. The van der Waals surface area contributed by atoms with Gasteiger partial charge in [0.05, 0.1) is 11.6 Å². The Bertz CT molecular complexity index is 729. The molecule has 2 rings (SSSR count). The van der Waals surface area contributed by atoms with Crippen molar-refractivity contribution in [3.63, 3.8) is 0 Å². The summed E-state index contributed by atoms with van der Waals surface area (Å²) in [7, 11) is 3.04. The van der Waals surface area contributed by atoms with Crippen molar-refractivity contribution in [1.82, 2.24) is 24.7 Å². The number of H-pyrrole nitrogens is 1. The van der Waals surface area contributed by atoms with Gasteiger partial charge in [-0.2, -0.15) is 9.97 Å². The lowest BCUT2D eigenvalue weighted by Crippen LogP contribution is -2.33. The molecule has 0 unspecified atom stereocenters. The van der Waals surface area contributed by atoms with Crippen LogP contribution in [0.15, 0.2) is 30.6 Å². The number of rotatable bonds is 3. The van der Waals surface area contributed by atoms with Gasteiger partial charge in [-0.05, 0) is 27.7 Å². The highest BCUT2D eigenvalue weighted by Crippen LogP contribution is 2.26. The molecule has 2 heterocycles. The molecule has 0 bridgehead atoms. The summed E-state index contributed by atoms with van der Waals surface area (Å²) in [4.78, 5) is 34.1. The van der Waals surface area contributed by atoms with Gasteiger partial charge in [0.15, 0.2) is 10.3 Å². The topological polar surface area (TPSA) is 103 Å². The fraction of sp³-hybridized carbons (Fsp3) is 0.222. The number of nitrogens with zero attached hydrogens (tertiary/aromatic N) is 4. The first-order valence-electron chi connectivity index (χ1n) is 4.93. The zero-order valence-electron chi connectivity index (χ0n) is 9.88. The molecule has 0 aromatic carbocycles. The Morgan fingerprint density at radius 1 is 1.42 bits per heavy atom. The molecule has 0 radical (unpaired) electrons. The van der Waals surface area contributed by atoms with E-state index in [-0.39, 0.29) is 5.16 Å². The van der Waals surface area contributed by atoms with Gasteiger partial charge in [-0.1, -0.05) is 0 Å². The van der Waals surface area contributed by atoms with E-state index in [1.54, 1.807) is 7.05 Å². The van der Waals surface area contributed by atoms with Gasteiger partial charge in [-0.15, -0.1) is 0 Å². The van der Waals surface area contributed by atoms with Crippen molar-refractivity contribution in [3.8, 4) is 5.88 Å². The molecule has 19 heavy (non-hydrogen) atoms. The Morgan fingerprint density at radius 3 is 2.84 bits per heavy atom. The van der Waals surface area contributed by atoms with E-state index in [1.807, 2.05) is 0 Å². The van der Waals surface area contributed by atoms with Crippen LogP contribution >= 0.6 is 27.7 Å². The van der Waals surface area contributed by atoms with E-state index in [0.29, 0.717) is 15.5 Å². The van der Waals surface area contributed by atoms with Gasteiger partial charge < -0.3 is 4.74 Å². The molecule has 1 N–H and O–H groups in total. The molecule has 8 nitrogen and oxygen atoms in total. The fourth-order valence-corrected chi connectivity index (χ4v) is 2.22. The summed E-state index contributed by atoms with van der Waals surface area (Å²) in [6.45, 7) is 0. The minimum Gasteiger partial charge on any atom is -0.480 e. The van der Waals surface area contributed by atoms with Gasteiger partial charge in [-0.25, -0.2) is 4.98 Å². The second-order valence-corrected chi connectivity index (χ2v) is 5.10. The molecule has 0 saturated carbocycles. The summed E-state index contributed by atoms with van der Waals surface area (Å²) in [5.41, 5.74) is -1.63. The summed E-state index contributed by atoms with van der Waals surface area (Å²) >= 11 is 4.27. The highest BCUT2D eigenvalue weighted by Gasteiger charge is 2.10. The predicted molar refractivity (Wildman–Crippen MR) is 70.5 cm³/mol. The second kappa shape index (κ2) is 5.53. The number of methoxy groups -OCH3 is 1. The van der Waals surface area contributed by atoms with E-state index in [2.05, 4.69) is 36.0 Å². The molecule has 0 amide bonds. The molecule has 0 spiro atoms. The maximum atomic E-state index is 11.2. The Kier molecular flexibility index (Phi) is 4.00. The molecular formula is C9H8BrN5O3S. The van der Waals surface area contributed by atoms with Gasteiger partial charge in [0.1, 0.15) is 0 Å². The van der Waals surface area contributed by atoms with Crippen molar-refractivity contribution >= 4 is 27.7 Å². The summed E-state index contributed by atoms with van der Waals surface area (Å²) in [5, 5.41) is 2.95. The average molecular weight is 346 g/mol. The van der Waals surface area contributed by atoms with Crippen LogP contribution in [0.1, 0.15) is 0 Å². The van der Waals surface area contributed by atoms with E-state index >= 15 is 0 Å². The number of ether oxygens (including phenoxy) is 1. The molecule has 0 saturated heterocycles. The monoisotopic (exact) mass is 345 g/mol. The van der Waals surface area contributed by atoms with Crippen LogP contribution in [-0.4, -0.2) is 31.8 Å². The summed E-state index contributed by atoms with van der Waals surface area (Å²) in [6, 6.07) is 0. The smallest absolute Gasteiger partial charge is 0.339 e. The number of aryl methyl sites for hydroxylation is 1. The molecule has 0 atom stereocenters. The largest absolute Gasteiger partial charge is 0.480 e. The zero-order valence-corrected chi connectivity index (χ0v) is 12.3. The maximum Gasteiger partial charge on any atom is 0.339 e. The lowest BCUT2D eigenvalue weighted by molar-refractivity contribution is 0.389. The number of hydrogen-bond donors (Lipinski definition) is 1. The number of halogens is 1. The van der Waals surface area contributed by atoms with Gasteiger partial charge in [0.2, 0.25) is 5.88 Å². The number of aromatic nitrogens is 5. The maximum absolute atomic E-state index is 11.2. The predicted octanol–water partition coefficient (Wildman–Crippen LogP) is 0.181. The molecule has 100 valence electrons. The quantitative estimate of drug-likeness (QED) is 0.625. The summed E-state index contributed by atoms with van der Waals surface area (Å²) < 4.78 is 6.98. The molecule has 2 aromatic rings. The lowest BCUT2D eigenvalue weighted by atomic mass is 10.6. The standard InChI is InChI=1S/C9H8BrN5O3S/c1-15-9(12-5(16)6(17)14-15)19-8-11-3-4(10)7(13-8)18-2/h3H,1-2H3,(H,14,17). The van der Waals surface area contributed by atoms with Crippen molar-refractivity contribution < 1.29 is 4.74 Å². The molecule has 0 aliphatic carbocycles. The Hall–Kier alpha value is -1.68. The fourth-order valence-electron chi connectivity index (χ4n) is 1.16. The highest BCUT2D eigenvalue weighted by atomic mass is 79.9. The Labute approximate surface area is 119 Å². The van der Waals surface area contributed by atoms with Crippen LogP contribution in [0.25, 0.3) is 0 Å². The minimum atomic E-state index is -0.857. The number of aromatic amines is 1. The Balaban J connectivity index is 2.39. The third-order valence-electron chi connectivity index (χ3n) is 2.01. The van der Waals surface area contributed by atoms with E-state index < -0.39 is 11.1 Å². The van der Waals surface area contributed by atoms with E-state index in [9.17, 15) is 9.59 Å². The van der Waals surface area contributed by atoms with Crippen LogP contribution < -0.4 is 15.9 Å². The van der Waals surface area contributed by atoms with Gasteiger partial charge in [0.25, 0.3) is 0 Å². The lowest BCUT2D eigenvalue weighted by Gasteiger charge is -2.06. The van der Waals surface area contributed by atoms with Gasteiger partial charge >= 0.3 is 11.1 Å². The van der Waals surface area contributed by atoms with Gasteiger partial charge in [0, 0.05) is 13.2 Å². The molecule has 0 fully saturated rings. The van der Waals surface area contributed by atoms with Crippen LogP contribution in [0.3, 0.4) is 0 Å². The van der Waals surface area contributed by atoms with Crippen LogP contribution in [0, 0.1) is 0 Å². The first-order chi connectivity index (χ1) is 9.01. The molecular weight excluding hydrogens is 338 g/mol. The van der Waals surface area contributed by atoms with Crippen molar-refractivity contribution in [2.75, 3.05) is 7.11 Å². The van der Waals surface area contributed by atoms with Crippen LogP contribution in [-0.2, 0) is 7.05 Å². The molecule has 10 heteroatoms. The summed E-state index contributed by atoms with van der Waals surface area (Å²) in [5.74, 6) is 0.368. The normalized spacial score (nSPS) is 10.5. The first-order valence-corrected chi connectivity index (χ1v) is 6.54. The van der Waals surface area contributed by atoms with E-state index in [4.69, 9.17) is 4.74 Å². The number of hydrogen-bond acceptors (Lipinski definition) is 7. The SMILES string of the molecule is COc1nc(Sc2nc(=O)c(=O)[nH]n2C)ncc1Br. The summed E-state index contributed by atoms with van der Waals surface area (Å²) in [6.07, 6.45) is 1.53. The van der Waals surface area contributed by atoms with Crippen LogP contribution in [0.5, 0.6) is 5.88 Å². The molecule has 0 aliphatic rings. The third-order valence-corrected chi connectivity index (χ3v) is 3.48. The van der Waals surface area contributed by atoms with Gasteiger partial charge in [-0.3, -0.25) is 19.4 Å². The van der Waals surface area contributed by atoms with Crippen molar-refractivity contribution in [2.45, 2.75) is 10.3 Å². The highest BCUT2D eigenvalue weighted by molar-refractivity contribution is 9.10. The van der Waals surface area contributed by atoms with E-state index in [1.165, 1.54) is 18.0 Å². The first kappa shape index (κ1) is 13.7. The minimum absolute atomic E-state index is 0.272. The van der Waals surface area contributed by atoms with Crippen molar-refractivity contribution in [1.29, 1.82) is 0 Å². The van der Waals surface area contributed by atoms with Crippen molar-refractivity contribution in [3.05, 3.63) is 31.4 Å². The molecule has 2 aromatic heterocycles. The van der Waals surface area contributed by atoms with Crippen molar-refractivity contribution in [2.24, 2.45) is 7.05 Å². The Morgan fingerprint density at radius 2 is 2.16 bits per heavy atom. The molecule has 0 aliphatic heterocycles. The number of nitrogens with one attached hydrogen (secondary N) is 1. The third kappa shape index (κ3) is 3.01.